The lowest BCUT2D eigenvalue weighted by Crippen LogP contribution is -2.47. The van der Waals surface area contributed by atoms with E-state index in [1.807, 2.05) is 0 Å². The zero-order chi connectivity index (χ0) is 22.7. The van der Waals surface area contributed by atoms with E-state index in [4.69, 9.17) is 0 Å². The molecule has 172 valence electrons. The SMILES string of the molecule is CC(CC(S(=O)(=O)C(F)(F)F)S(=O)(=O)C(F)(F)F)OC(=O)NC1CCCCCC1. The van der Waals surface area contributed by atoms with Crippen LogP contribution in [0.2, 0.25) is 0 Å². The van der Waals surface area contributed by atoms with Gasteiger partial charge >= 0.3 is 17.1 Å². The maximum absolute atomic E-state index is 12.7. The van der Waals surface area contributed by atoms with Crippen molar-refractivity contribution in [1.29, 1.82) is 0 Å². The molecule has 1 amide bonds. The van der Waals surface area contributed by atoms with Gasteiger partial charge in [0.25, 0.3) is 19.7 Å². The zero-order valence-corrected chi connectivity index (χ0v) is 16.8. The average Bonchev–Trinajstić information content (AvgIpc) is 2.78. The standard InChI is InChI=1S/C14H21F6NO6S2/c1-9(27-12(22)21-10-6-4-2-3-5-7-10)8-11(28(23,24)13(15,16)17)29(25,26)14(18,19)20/h9-11H,2-8H2,1H3,(H,21,22). The molecule has 29 heavy (non-hydrogen) atoms. The van der Waals surface area contributed by atoms with Gasteiger partial charge in [-0.1, -0.05) is 25.7 Å². The Kier molecular flexibility index (Phi) is 8.24. The molecule has 0 bridgehead atoms. The molecule has 0 aromatic heterocycles. The molecule has 1 atom stereocenters. The number of hydrogen-bond donors (Lipinski definition) is 1. The summed E-state index contributed by atoms with van der Waals surface area (Å²) in [7, 11) is -13.5. The van der Waals surface area contributed by atoms with Crippen LogP contribution in [0.25, 0.3) is 0 Å². The summed E-state index contributed by atoms with van der Waals surface area (Å²) in [5, 5.41) is 2.40. The smallest absolute Gasteiger partial charge is 0.446 e. The van der Waals surface area contributed by atoms with Crippen molar-refractivity contribution in [3.63, 3.8) is 0 Å². The number of nitrogens with one attached hydrogen (secondary N) is 1. The summed E-state index contributed by atoms with van der Waals surface area (Å²) in [5.41, 5.74) is -12.5. The Balaban J connectivity index is 2.97. The van der Waals surface area contributed by atoms with Crippen LogP contribution in [0.15, 0.2) is 0 Å². The molecule has 0 aromatic rings. The second-order valence-electron chi connectivity index (χ2n) is 6.70. The molecule has 0 radical (unpaired) electrons. The largest absolute Gasteiger partial charge is 0.498 e. The summed E-state index contributed by atoms with van der Waals surface area (Å²) in [5.74, 6) is 0. The first-order chi connectivity index (χ1) is 13.0. The van der Waals surface area contributed by atoms with Gasteiger partial charge in [0, 0.05) is 12.5 Å². The Bertz CT molecular complexity index is 725. The molecule has 1 N–H and O–H groups in total. The molecule has 1 aliphatic carbocycles. The Morgan fingerprint density at radius 2 is 1.34 bits per heavy atom. The number of carbonyl (C=O) groups is 1. The Morgan fingerprint density at radius 3 is 1.72 bits per heavy atom. The van der Waals surface area contributed by atoms with Crippen molar-refractivity contribution in [2.45, 2.75) is 79.6 Å². The lowest BCUT2D eigenvalue weighted by molar-refractivity contribution is -0.0476. The number of carbonyl (C=O) groups excluding carboxylic acids is 1. The van der Waals surface area contributed by atoms with Crippen LogP contribution < -0.4 is 5.32 Å². The maximum Gasteiger partial charge on any atom is 0.498 e. The quantitative estimate of drug-likeness (QED) is 0.464. The van der Waals surface area contributed by atoms with Crippen LogP contribution in [-0.2, 0) is 24.4 Å². The van der Waals surface area contributed by atoms with E-state index in [0.29, 0.717) is 12.8 Å². The number of rotatable bonds is 6. The molecule has 1 aliphatic rings. The van der Waals surface area contributed by atoms with E-state index in [9.17, 15) is 48.0 Å². The lowest BCUT2D eigenvalue weighted by atomic mass is 10.1. The predicted molar refractivity (Wildman–Crippen MR) is 88.9 cm³/mol. The number of amides is 1. The molecule has 0 heterocycles. The highest BCUT2D eigenvalue weighted by atomic mass is 32.3. The van der Waals surface area contributed by atoms with Gasteiger partial charge in [0.05, 0.1) is 0 Å². The normalized spacial score (nSPS) is 18.9. The minimum atomic E-state index is -6.76. The van der Waals surface area contributed by atoms with Crippen LogP contribution in [-0.4, -0.2) is 50.7 Å². The number of ether oxygens (including phenoxy) is 1. The highest BCUT2D eigenvalue weighted by Gasteiger charge is 2.63. The Morgan fingerprint density at radius 1 is 0.931 bits per heavy atom. The van der Waals surface area contributed by atoms with Crippen LogP contribution in [0.1, 0.15) is 51.9 Å². The summed E-state index contributed by atoms with van der Waals surface area (Å²) in [6, 6.07) is -0.314. The third-order valence-electron chi connectivity index (χ3n) is 4.35. The molecule has 1 saturated carbocycles. The van der Waals surface area contributed by atoms with Gasteiger partial charge in [-0.15, -0.1) is 0 Å². The lowest BCUT2D eigenvalue weighted by Gasteiger charge is -2.24. The molecule has 0 spiro atoms. The first-order valence-corrected chi connectivity index (χ1v) is 11.7. The second-order valence-corrected chi connectivity index (χ2v) is 11.2. The highest BCUT2D eigenvalue weighted by Crippen LogP contribution is 2.38. The van der Waals surface area contributed by atoms with Crippen molar-refractivity contribution in [2.75, 3.05) is 0 Å². The monoisotopic (exact) mass is 477 g/mol. The summed E-state index contributed by atoms with van der Waals surface area (Å²) < 4.78 is 123. The summed E-state index contributed by atoms with van der Waals surface area (Å²) in [6.07, 6.45) is -0.106. The van der Waals surface area contributed by atoms with E-state index in [1.165, 1.54) is 0 Å². The number of halogens is 6. The van der Waals surface area contributed by atoms with Crippen molar-refractivity contribution in [3.8, 4) is 0 Å². The zero-order valence-electron chi connectivity index (χ0n) is 15.2. The van der Waals surface area contributed by atoms with Gasteiger partial charge < -0.3 is 10.1 Å². The molecule has 1 unspecified atom stereocenters. The van der Waals surface area contributed by atoms with Gasteiger partial charge in [-0.2, -0.15) is 26.3 Å². The van der Waals surface area contributed by atoms with Crippen LogP contribution in [0.4, 0.5) is 31.1 Å². The van der Waals surface area contributed by atoms with Gasteiger partial charge in [-0.3, -0.25) is 0 Å². The van der Waals surface area contributed by atoms with E-state index in [2.05, 4.69) is 10.1 Å². The summed E-state index contributed by atoms with van der Waals surface area (Å²) in [4.78, 5) is 11.8. The fourth-order valence-corrected chi connectivity index (χ4v) is 6.48. The summed E-state index contributed by atoms with van der Waals surface area (Å²) in [6.45, 7) is 0.803. The molecule has 1 rings (SSSR count). The first kappa shape index (κ1) is 25.8. The van der Waals surface area contributed by atoms with E-state index in [0.717, 1.165) is 32.6 Å². The number of alkyl carbamates (subject to hydrolysis) is 1. The fourth-order valence-electron chi connectivity index (χ4n) is 2.84. The van der Waals surface area contributed by atoms with Gasteiger partial charge in [0.2, 0.25) is 0 Å². The average molecular weight is 477 g/mol. The van der Waals surface area contributed by atoms with Crippen molar-refractivity contribution in [1.82, 2.24) is 5.32 Å². The molecule has 15 heteroatoms. The molecule has 0 saturated heterocycles. The maximum atomic E-state index is 12.7. The fraction of sp³-hybridized carbons (Fsp3) is 0.929. The van der Waals surface area contributed by atoms with Crippen molar-refractivity contribution < 1.29 is 52.7 Å². The number of sulfone groups is 2. The molecule has 7 nitrogen and oxygen atoms in total. The van der Waals surface area contributed by atoms with Crippen LogP contribution in [0, 0.1) is 0 Å². The number of hydrogen-bond acceptors (Lipinski definition) is 6. The Hall–Kier alpha value is -1.25. The molecule has 0 aliphatic heterocycles. The van der Waals surface area contributed by atoms with Crippen molar-refractivity contribution in [2.24, 2.45) is 0 Å². The first-order valence-electron chi connectivity index (χ1n) is 8.57. The van der Waals surface area contributed by atoms with Gasteiger partial charge in [-0.05, 0) is 19.8 Å². The van der Waals surface area contributed by atoms with Gasteiger partial charge in [0.15, 0.2) is 4.58 Å². The van der Waals surface area contributed by atoms with Crippen LogP contribution >= 0.6 is 0 Å². The van der Waals surface area contributed by atoms with E-state index in [1.54, 1.807) is 0 Å². The van der Waals surface area contributed by atoms with Crippen LogP contribution in [0.5, 0.6) is 0 Å². The minimum Gasteiger partial charge on any atom is -0.446 e. The number of alkyl halides is 6. The predicted octanol–water partition coefficient (Wildman–Crippen LogP) is 3.41. The topological polar surface area (TPSA) is 107 Å². The Labute approximate surface area is 164 Å². The molecule has 0 aromatic carbocycles. The van der Waals surface area contributed by atoms with Gasteiger partial charge in [0.1, 0.15) is 6.10 Å². The van der Waals surface area contributed by atoms with Gasteiger partial charge in [-0.25, -0.2) is 21.6 Å². The molecule has 1 fully saturated rings. The highest BCUT2D eigenvalue weighted by molar-refractivity contribution is 8.09. The second kappa shape index (κ2) is 9.27. The third-order valence-corrected chi connectivity index (χ3v) is 8.93. The van der Waals surface area contributed by atoms with Crippen molar-refractivity contribution in [3.05, 3.63) is 0 Å². The molecular weight excluding hydrogens is 456 g/mol. The summed E-state index contributed by atoms with van der Waals surface area (Å²) >= 11 is 0. The van der Waals surface area contributed by atoms with E-state index >= 15 is 0 Å². The van der Waals surface area contributed by atoms with E-state index in [-0.39, 0.29) is 6.04 Å². The van der Waals surface area contributed by atoms with Crippen LogP contribution in [0.3, 0.4) is 0 Å². The van der Waals surface area contributed by atoms with E-state index < -0.39 is 53.9 Å². The molecular formula is C14H21F6NO6S2. The third kappa shape index (κ3) is 6.62. The minimum absolute atomic E-state index is 0.314. The van der Waals surface area contributed by atoms with Crippen molar-refractivity contribution >= 4 is 25.8 Å².